The largest absolute Gasteiger partial charge is 0.492 e. The van der Waals surface area contributed by atoms with Crippen molar-refractivity contribution in [3.8, 4) is 5.75 Å². The van der Waals surface area contributed by atoms with Gasteiger partial charge in [-0.25, -0.2) is 0 Å². The molecule has 1 saturated heterocycles. The van der Waals surface area contributed by atoms with Crippen LogP contribution in [0.5, 0.6) is 5.75 Å². The monoisotopic (exact) mass is 392 g/mol. The molecule has 2 heterocycles. The highest BCUT2D eigenvalue weighted by molar-refractivity contribution is 5.49. The van der Waals surface area contributed by atoms with Crippen LogP contribution in [0.15, 0.2) is 42.5 Å². The number of carbonyl (C=O) groups is 1. The van der Waals surface area contributed by atoms with E-state index >= 15 is 0 Å². The molecule has 2 aromatic carbocycles. The Bertz CT molecular complexity index is 835. The van der Waals surface area contributed by atoms with Gasteiger partial charge in [0.2, 0.25) is 0 Å². The van der Waals surface area contributed by atoms with Gasteiger partial charge in [-0.3, -0.25) is 4.90 Å². The van der Waals surface area contributed by atoms with Crippen LogP contribution in [0.2, 0.25) is 0 Å². The Balaban J connectivity index is 1.54. The maximum absolute atomic E-state index is 11.0. The molecule has 0 radical (unpaired) electrons. The van der Waals surface area contributed by atoms with Gasteiger partial charge < -0.3 is 14.8 Å². The van der Waals surface area contributed by atoms with E-state index in [0.29, 0.717) is 18.3 Å². The highest BCUT2D eigenvalue weighted by atomic mass is 16.5. The molecule has 1 fully saturated rings. The van der Waals surface area contributed by atoms with E-state index < -0.39 is 0 Å². The number of likely N-dealkylation sites (tertiary alicyclic amines) is 1. The van der Waals surface area contributed by atoms with E-state index in [2.05, 4.69) is 59.6 Å². The van der Waals surface area contributed by atoms with Gasteiger partial charge in [0, 0.05) is 38.2 Å². The average molecular weight is 393 g/mol. The fraction of sp³-hybridized carbons (Fsp3) is 0.480. The number of rotatable bonds is 6. The zero-order chi connectivity index (χ0) is 20.1. The first-order valence-corrected chi connectivity index (χ1v) is 10.9. The lowest BCUT2D eigenvalue weighted by atomic mass is 9.78. The van der Waals surface area contributed by atoms with Gasteiger partial charge in [0.25, 0.3) is 0 Å². The van der Waals surface area contributed by atoms with Gasteiger partial charge >= 0.3 is 0 Å². The molecule has 2 aliphatic heterocycles. The van der Waals surface area contributed by atoms with Crippen molar-refractivity contribution >= 4 is 6.29 Å². The summed E-state index contributed by atoms with van der Waals surface area (Å²) in [5.41, 5.74) is 5.35. The third kappa shape index (κ3) is 5.06. The molecular formula is C25H32N2O2. The number of nitrogens with zero attached hydrogens (tertiary/aromatic N) is 1. The van der Waals surface area contributed by atoms with Gasteiger partial charge in [-0.2, -0.15) is 0 Å². The van der Waals surface area contributed by atoms with Crippen molar-refractivity contribution in [2.45, 2.75) is 45.2 Å². The van der Waals surface area contributed by atoms with E-state index in [9.17, 15) is 4.79 Å². The number of hydrogen-bond acceptors (Lipinski definition) is 4. The zero-order valence-corrected chi connectivity index (χ0v) is 17.4. The first-order valence-electron chi connectivity index (χ1n) is 10.9. The highest BCUT2D eigenvalue weighted by Gasteiger charge is 2.30. The molecule has 0 aromatic heterocycles. The summed E-state index contributed by atoms with van der Waals surface area (Å²) in [5.74, 6) is 2.03. The predicted molar refractivity (Wildman–Crippen MR) is 116 cm³/mol. The molecule has 2 atom stereocenters. The van der Waals surface area contributed by atoms with Gasteiger partial charge in [-0.05, 0) is 55.3 Å². The third-order valence-corrected chi connectivity index (χ3v) is 6.35. The number of carbonyl (C=O) groups excluding carboxylic acids is 1. The number of aldehydes is 1. The minimum atomic E-state index is 0.460. The van der Waals surface area contributed by atoms with E-state index in [1.54, 1.807) is 0 Å². The molecule has 29 heavy (non-hydrogen) atoms. The van der Waals surface area contributed by atoms with Crippen molar-refractivity contribution in [2.75, 3.05) is 26.2 Å². The lowest BCUT2D eigenvalue weighted by Gasteiger charge is -2.39. The summed E-state index contributed by atoms with van der Waals surface area (Å²) in [6, 6.07) is 15.6. The Labute approximate surface area is 174 Å². The van der Waals surface area contributed by atoms with Crippen LogP contribution >= 0.6 is 0 Å². The molecule has 154 valence electrons. The summed E-state index contributed by atoms with van der Waals surface area (Å²) in [4.78, 5) is 13.6. The predicted octanol–water partition coefficient (Wildman–Crippen LogP) is 4.06. The SMILES string of the molecule is Cc1cccc(CN2CCC(CCC=O)C(c3ccc4c(c3)CNCCO4)C2)c1. The van der Waals surface area contributed by atoms with Crippen LogP contribution in [-0.4, -0.2) is 37.4 Å². The molecule has 0 saturated carbocycles. The molecule has 0 spiro atoms. The fourth-order valence-electron chi connectivity index (χ4n) is 4.85. The third-order valence-electron chi connectivity index (χ3n) is 6.35. The second kappa shape index (κ2) is 9.55. The van der Waals surface area contributed by atoms with Crippen molar-refractivity contribution in [2.24, 2.45) is 5.92 Å². The van der Waals surface area contributed by atoms with Crippen molar-refractivity contribution in [1.82, 2.24) is 10.2 Å². The number of ether oxygens (including phenoxy) is 1. The molecule has 0 aliphatic carbocycles. The minimum absolute atomic E-state index is 0.460. The quantitative estimate of drug-likeness (QED) is 0.753. The molecular weight excluding hydrogens is 360 g/mol. The molecule has 0 bridgehead atoms. The van der Waals surface area contributed by atoms with Crippen molar-refractivity contribution in [1.29, 1.82) is 0 Å². The molecule has 4 heteroatoms. The van der Waals surface area contributed by atoms with Gasteiger partial charge in [-0.1, -0.05) is 42.0 Å². The zero-order valence-electron chi connectivity index (χ0n) is 17.4. The molecule has 4 nitrogen and oxygen atoms in total. The van der Waals surface area contributed by atoms with E-state index in [0.717, 1.165) is 64.2 Å². The van der Waals surface area contributed by atoms with Gasteiger partial charge in [0.1, 0.15) is 18.6 Å². The highest BCUT2D eigenvalue weighted by Crippen LogP contribution is 2.37. The van der Waals surface area contributed by atoms with Crippen molar-refractivity contribution in [3.05, 3.63) is 64.7 Å². The summed E-state index contributed by atoms with van der Waals surface area (Å²) < 4.78 is 5.87. The Hall–Kier alpha value is -2.17. The number of hydrogen-bond donors (Lipinski definition) is 1. The summed E-state index contributed by atoms with van der Waals surface area (Å²) in [6.45, 7) is 7.77. The van der Waals surface area contributed by atoms with Crippen LogP contribution in [0.1, 0.15) is 47.4 Å². The van der Waals surface area contributed by atoms with Crippen LogP contribution < -0.4 is 10.1 Å². The number of aryl methyl sites for hydroxylation is 1. The van der Waals surface area contributed by atoms with Gasteiger partial charge in [0.05, 0.1) is 0 Å². The van der Waals surface area contributed by atoms with Gasteiger partial charge in [-0.15, -0.1) is 0 Å². The number of nitrogens with one attached hydrogen (secondary N) is 1. The van der Waals surface area contributed by atoms with E-state index in [1.165, 1.54) is 22.3 Å². The Morgan fingerprint density at radius 2 is 2.17 bits per heavy atom. The number of fused-ring (bicyclic) bond motifs is 1. The smallest absolute Gasteiger partial charge is 0.123 e. The number of piperidine rings is 1. The Kier molecular flexibility index (Phi) is 6.63. The summed E-state index contributed by atoms with van der Waals surface area (Å²) >= 11 is 0. The van der Waals surface area contributed by atoms with Gasteiger partial charge in [0.15, 0.2) is 0 Å². The molecule has 4 rings (SSSR count). The first kappa shape index (κ1) is 20.1. The van der Waals surface area contributed by atoms with Crippen molar-refractivity contribution < 1.29 is 9.53 Å². The lowest BCUT2D eigenvalue weighted by Crippen LogP contribution is -2.39. The molecule has 2 aromatic rings. The van der Waals surface area contributed by atoms with Crippen LogP contribution in [0.25, 0.3) is 0 Å². The van der Waals surface area contributed by atoms with E-state index in [4.69, 9.17) is 4.74 Å². The maximum Gasteiger partial charge on any atom is 0.123 e. The molecule has 0 amide bonds. The van der Waals surface area contributed by atoms with E-state index in [1.807, 2.05) is 0 Å². The van der Waals surface area contributed by atoms with E-state index in [-0.39, 0.29) is 0 Å². The summed E-state index contributed by atoms with van der Waals surface area (Å²) in [6.07, 6.45) is 3.87. The van der Waals surface area contributed by atoms with Crippen molar-refractivity contribution in [3.63, 3.8) is 0 Å². The molecule has 2 unspecified atom stereocenters. The second-order valence-electron chi connectivity index (χ2n) is 8.52. The maximum atomic E-state index is 11.0. The summed E-state index contributed by atoms with van der Waals surface area (Å²) in [7, 11) is 0. The Morgan fingerprint density at radius 1 is 1.24 bits per heavy atom. The van der Waals surface area contributed by atoms with Crippen LogP contribution in [-0.2, 0) is 17.9 Å². The molecule has 1 N–H and O–H groups in total. The fourth-order valence-corrected chi connectivity index (χ4v) is 4.85. The van der Waals surface area contributed by atoms with Crippen LogP contribution in [0, 0.1) is 12.8 Å². The minimum Gasteiger partial charge on any atom is -0.492 e. The first-order chi connectivity index (χ1) is 14.2. The lowest BCUT2D eigenvalue weighted by molar-refractivity contribution is -0.108. The molecule has 2 aliphatic rings. The summed E-state index contributed by atoms with van der Waals surface area (Å²) in [5, 5.41) is 3.44. The van der Waals surface area contributed by atoms with Crippen LogP contribution in [0.4, 0.5) is 0 Å². The topological polar surface area (TPSA) is 41.6 Å². The second-order valence-corrected chi connectivity index (χ2v) is 8.52. The Morgan fingerprint density at radius 3 is 3.03 bits per heavy atom. The average Bonchev–Trinajstić information content (AvgIpc) is 2.97. The normalized spacial score (nSPS) is 22.4. The number of benzene rings is 2. The standard InChI is InChI=1S/C25H32N2O2/c1-19-4-2-5-20(14-19)17-27-11-9-21(6-3-12-28)24(18-27)22-7-8-25-23(15-22)16-26-10-13-29-25/h2,4-5,7-8,12,14-15,21,24,26H,3,6,9-11,13,16-18H2,1H3. The van der Waals surface area contributed by atoms with Crippen LogP contribution in [0.3, 0.4) is 0 Å².